The Hall–Kier alpha value is -5.91. The van der Waals surface area contributed by atoms with E-state index in [2.05, 4.69) is 138 Å². The van der Waals surface area contributed by atoms with Gasteiger partial charge >= 0.3 is 0 Å². The van der Waals surface area contributed by atoms with Gasteiger partial charge in [-0.3, -0.25) is 4.98 Å². The first-order chi connectivity index (χ1) is 29.3. The Balaban J connectivity index is 0.000000191. The van der Waals surface area contributed by atoms with Gasteiger partial charge in [-0.05, 0) is 51.8 Å². The molecule has 10 aromatic rings. The van der Waals surface area contributed by atoms with E-state index in [1.807, 2.05) is 87.6 Å². The second kappa shape index (κ2) is 16.6. The molecule has 0 saturated heterocycles. The Morgan fingerprint density at radius 3 is 2.20 bits per heavy atom. The largest absolute Gasteiger partial charge is 0.501 e. The van der Waals surface area contributed by atoms with Gasteiger partial charge in [0.25, 0.3) is 0 Å². The third-order valence-electron chi connectivity index (χ3n) is 10.5. The van der Waals surface area contributed by atoms with Crippen LogP contribution in [0.25, 0.3) is 83.2 Å². The number of fused-ring (bicyclic) bond motifs is 5. The number of para-hydroxylation sites is 3. The zero-order chi connectivity index (χ0) is 42.5. The van der Waals surface area contributed by atoms with Crippen LogP contribution in [-0.2, 0) is 26.5 Å². The molecule has 4 nitrogen and oxygen atoms in total. The molecule has 0 aliphatic carbocycles. The molecule has 0 amide bonds. The Morgan fingerprint density at radius 2 is 1.43 bits per heavy atom. The van der Waals surface area contributed by atoms with E-state index >= 15 is 0 Å². The summed E-state index contributed by atoms with van der Waals surface area (Å²) in [6, 6.07) is 60.4. The molecule has 0 unspecified atom stereocenters. The van der Waals surface area contributed by atoms with Gasteiger partial charge in [0.1, 0.15) is 5.58 Å². The number of hydrogen-bond acceptors (Lipinski definition) is 3. The molecule has 0 N–H and O–H groups in total. The Labute approximate surface area is 370 Å². The number of nitrogens with zero attached hydrogens (tertiary/aromatic N) is 3. The number of hydrogen-bond donors (Lipinski definition) is 0. The van der Waals surface area contributed by atoms with Gasteiger partial charge in [0.05, 0.1) is 36.2 Å². The van der Waals surface area contributed by atoms with Gasteiger partial charge in [0, 0.05) is 45.4 Å². The molecular formula is C54H47IrN3OSi-2. The molecule has 3 heterocycles. The summed E-state index contributed by atoms with van der Waals surface area (Å²) in [5.74, 6) is 0.810. The number of benzene rings is 7. The maximum atomic E-state index is 8.75. The van der Waals surface area contributed by atoms with Crippen LogP contribution in [0, 0.1) is 17.5 Å². The van der Waals surface area contributed by atoms with Crippen molar-refractivity contribution in [3.8, 4) is 39.5 Å². The first-order valence-corrected chi connectivity index (χ1v) is 23.7. The van der Waals surface area contributed by atoms with E-state index in [4.69, 9.17) is 12.1 Å². The SMILES string of the molecule is [2H]C([2H])(c1cc(-c2[c-]cccc2)ncc1[Si](C)(C)C)C(C)(C)C.[Ir].[c-]1ccc2c(oc3ccccc32)c1-c1nc2ccccc2n1-c1c(-c2ccccc2)ccc2ccccc12. The summed E-state index contributed by atoms with van der Waals surface area (Å²) in [5, 5.41) is 5.59. The number of imidazole rings is 1. The van der Waals surface area contributed by atoms with Crippen LogP contribution in [0.3, 0.4) is 0 Å². The van der Waals surface area contributed by atoms with E-state index in [1.54, 1.807) is 0 Å². The van der Waals surface area contributed by atoms with Crippen molar-refractivity contribution in [2.75, 3.05) is 0 Å². The smallest absolute Gasteiger partial charge is 0.120 e. The molecule has 0 aliphatic heterocycles. The van der Waals surface area contributed by atoms with Crippen LogP contribution in [0.2, 0.25) is 19.6 Å². The molecule has 0 saturated carbocycles. The normalized spacial score (nSPS) is 12.5. The van der Waals surface area contributed by atoms with E-state index in [0.29, 0.717) is 0 Å². The molecule has 6 heteroatoms. The standard InChI is InChI=1S/C35H21N2O.C19H26NSi.Ir/c1-2-11-23(12-3-1)26-22-21-24-13-4-5-14-25(24)33(26)37-31-19-8-7-18-30(31)36-35(37)29-17-10-16-28-27-15-6-9-20-32(27)38-34(28)29;1-19(2,3)13-16-12-17(15-10-8-7-9-11-15)20-14-18(16)21(4,5)6;/h1-16,18-22H;7-10,12,14H,13H2,1-6H3;/q2*-1;/i;13D2;. The van der Waals surface area contributed by atoms with Crippen molar-refractivity contribution in [2.24, 2.45) is 5.41 Å². The van der Waals surface area contributed by atoms with Crippen molar-refractivity contribution in [3.63, 3.8) is 0 Å². The average Bonchev–Trinajstić information content (AvgIpc) is 3.85. The predicted octanol–water partition coefficient (Wildman–Crippen LogP) is 13.9. The topological polar surface area (TPSA) is 43.9 Å². The van der Waals surface area contributed by atoms with Crippen molar-refractivity contribution < 1.29 is 27.3 Å². The maximum absolute atomic E-state index is 8.75. The molecule has 3 aromatic heterocycles. The molecule has 299 valence electrons. The van der Waals surface area contributed by atoms with Crippen LogP contribution < -0.4 is 5.19 Å². The number of aromatic nitrogens is 3. The average molecular weight is 976 g/mol. The van der Waals surface area contributed by atoms with Gasteiger partial charge in [-0.2, -0.15) is 0 Å². The van der Waals surface area contributed by atoms with Crippen LogP contribution in [0.15, 0.2) is 168 Å². The van der Waals surface area contributed by atoms with E-state index < -0.39 is 19.9 Å². The Morgan fingerprint density at radius 1 is 0.717 bits per heavy atom. The van der Waals surface area contributed by atoms with E-state index in [9.17, 15) is 0 Å². The van der Waals surface area contributed by atoms with Crippen LogP contribution in [0.1, 0.15) is 29.1 Å². The van der Waals surface area contributed by atoms with Gasteiger partial charge in [-0.15, -0.1) is 54.1 Å². The second-order valence-corrected chi connectivity index (χ2v) is 22.1. The van der Waals surface area contributed by atoms with Crippen LogP contribution in [0.4, 0.5) is 0 Å². The minimum atomic E-state index is -1.70. The van der Waals surface area contributed by atoms with E-state index in [0.717, 1.165) is 88.6 Å². The van der Waals surface area contributed by atoms with Crippen molar-refractivity contribution in [1.82, 2.24) is 14.5 Å². The fraction of sp³-hybridized carbons (Fsp3) is 0.148. The molecule has 0 spiro atoms. The van der Waals surface area contributed by atoms with Crippen molar-refractivity contribution in [1.29, 1.82) is 0 Å². The minimum absolute atomic E-state index is 0. The first kappa shape index (κ1) is 38.3. The third-order valence-corrected chi connectivity index (χ3v) is 12.6. The summed E-state index contributed by atoms with van der Waals surface area (Å²) < 4.78 is 26.2. The van der Waals surface area contributed by atoms with Gasteiger partial charge in [0.2, 0.25) is 0 Å². The van der Waals surface area contributed by atoms with Gasteiger partial charge in [-0.1, -0.05) is 160 Å². The van der Waals surface area contributed by atoms with Crippen molar-refractivity contribution in [3.05, 3.63) is 182 Å². The summed E-state index contributed by atoms with van der Waals surface area (Å²) in [6.07, 6.45) is 0.469. The molecule has 0 aliphatic rings. The minimum Gasteiger partial charge on any atom is -0.501 e. The summed E-state index contributed by atoms with van der Waals surface area (Å²) in [4.78, 5) is 9.80. The van der Waals surface area contributed by atoms with Crippen molar-refractivity contribution >= 4 is 57.0 Å². The number of furan rings is 1. The van der Waals surface area contributed by atoms with E-state index in [-0.39, 0.29) is 20.1 Å². The Bertz CT molecular complexity index is 3200. The second-order valence-electron chi connectivity index (χ2n) is 17.0. The van der Waals surface area contributed by atoms with E-state index in [1.165, 1.54) is 5.39 Å². The molecular weight excluding hydrogens is 927 g/mol. The zero-order valence-electron chi connectivity index (χ0n) is 36.7. The monoisotopic (exact) mass is 976 g/mol. The fourth-order valence-electron chi connectivity index (χ4n) is 7.88. The summed E-state index contributed by atoms with van der Waals surface area (Å²) >= 11 is 0. The maximum Gasteiger partial charge on any atom is 0.120 e. The molecule has 10 rings (SSSR count). The summed E-state index contributed by atoms with van der Waals surface area (Å²) in [6.45, 7) is 12.6. The Kier molecular flexibility index (Phi) is 10.6. The molecule has 1 radical (unpaired) electrons. The van der Waals surface area contributed by atoms with Crippen LogP contribution >= 0.6 is 0 Å². The van der Waals surface area contributed by atoms with Crippen molar-refractivity contribution in [2.45, 2.75) is 46.8 Å². The zero-order valence-corrected chi connectivity index (χ0v) is 38.1. The van der Waals surface area contributed by atoms with Gasteiger partial charge < -0.3 is 14.0 Å². The summed E-state index contributed by atoms with van der Waals surface area (Å²) in [7, 11) is -1.70. The number of rotatable bonds is 6. The van der Waals surface area contributed by atoms with Gasteiger partial charge in [-0.25, -0.2) is 0 Å². The molecule has 0 fully saturated rings. The third kappa shape index (κ3) is 8.03. The fourth-order valence-corrected chi connectivity index (χ4v) is 9.28. The van der Waals surface area contributed by atoms with Gasteiger partial charge in [0.15, 0.2) is 0 Å². The predicted molar refractivity (Wildman–Crippen MR) is 250 cm³/mol. The molecule has 0 bridgehead atoms. The van der Waals surface area contributed by atoms with Crippen LogP contribution in [-0.4, -0.2) is 22.6 Å². The first-order valence-electron chi connectivity index (χ1n) is 21.2. The van der Waals surface area contributed by atoms with Crippen LogP contribution in [0.5, 0.6) is 0 Å². The molecule has 0 atom stereocenters. The number of pyridine rings is 1. The molecule has 60 heavy (non-hydrogen) atoms. The molecule has 7 aromatic carbocycles. The quantitative estimate of drug-likeness (QED) is 0.123. The summed E-state index contributed by atoms with van der Waals surface area (Å²) in [5.41, 5.74) is 9.86.